The first kappa shape index (κ1) is 11.5. The molecule has 2 aromatic rings. The minimum absolute atomic E-state index is 0.765. The van der Waals surface area contributed by atoms with Crippen LogP contribution < -0.4 is 10.1 Å². The molecule has 90 valence electrons. The van der Waals surface area contributed by atoms with E-state index in [0.29, 0.717) is 0 Å². The molecule has 1 heterocycles. The number of rotatable bonds is 5. The summed E-state index contributed by atoms with van der Waals surface area (Å²) in [7, 11) is 1.67. The second-order valence-corrected chi connectivity index (χ2v) is 3.72. The summed E-state index contributed by atoms with van der Waals surface area (Å²) in [6.45, 7) is 3.74. The Labute approximate surface area is 101 Å². The number of anilines is 1. The molecule has 0 saturated carbocycles. The van der Waals surface area contributed by atoms with Crippen LogP contribution in [0.4, 0.5) is 5.69 Å². The van der Waals surface area contributed by atoms with Crippen LogP contribution in [0, 0.1) is 0 Å². The lowest BCUT2D eigenvalue weighted by Crippen LogP contribution is -2.07. The molecule has 0 atom stereocenters. The molecule has 0 saturated heterocycles. The van der Waals surface area contributed by atoms with Crippen molar-refractivity contribution in [1.82, 2.24) is 9.78 Å². The standard InChI is InChI=1S/C13H17N3O/c1-3-16-12(7-8-15-16)10-14-11-5-4-6-13(9-11)17-2/h4-9,14H,3,10H2,1-2H3. The lowest BCUT2D eigenvalue weighted by atomic mass is 10.3. The first-order valence-electron chi connectivity index (χ1n) is 5.72. The monoisotopic (exact) mass is 231 g/mol. The molecule has 0 aliphatic carbocycles. The maximum atomic E-state index is 5.18. The zero-order valence-corrected chi connectivity index (χ0v) is 10.2. The summed E-state index contributed by atoms with van der Waals surface area (Å²) >= 11 is 0. The van der Waals surface area contributed by atoms with Crippen LogP contribution in [-0.2, 0) is 13.1 Å². The zero-order valence-electron chi connectivity index (χ0n) is 10.2. The number of aromatic nitrogens is 2. The lowest BCUT2D eigenvalue weighted by Gasteiger charge is -2.09. The third-order valence-corrected chi connectivity index (χ3v) is 2.65. The highest BCUT2D eigenvalue weighted by atomic mass is 16.5. The quantitative estimate of drug-likeness (QED) is 0.859. The molecule has 0 unspecified atom stereocenters. The van der Waals surface area contributed by atoms with Crippen molar-refractivity contribution in [2.24, 2.45) is 0 Å². The van der Waals surface area contributed by atoms with E-state index < -0.39 is 0 Å². The molecule has 0 spiro atoms. The van der Waals surface area contributed by atoms with Gasteiger partial charge in [0, 0.05) is 24.5 Å². The van der Waals surface area contributed by atoms with Crippen LogP contribution in [0.15, 0.2) is 36.5 Å². The van der Waals surface area contributed by atoms with Crippen molar-refractivity contribution in [3.63, 3.8) is 0 Å². The molecule has 1 aromatic carbocycles. The SMILES string of the molecule is CCn1nccc1CNc1cccc(OC)c1. The van der Waals surface area contributed by atoms with Crippen LogP contribution in [0.25, 0.3) is 0 Å². The fourth-order valence-electron chi connectivity index (χ4n) is 1.72. The highest BCUT2D eigenvalue weighted by Crippen LogP contribution is 2.17. The van der Waals surface area contributed by atoms with E-state index in [1.165, 1.54) is 5.69 Å². The van der Waals surface area contributed by atoms with Gasteiger partial charge in [0.25, 0.3) is 0 Å². The predicted molar refractivity (Wildman–Crippen MR) is 68.2 cm³/mol. The minimum Gasteiger partial charge on any atom is -0.497 e. The normalized spacial score (nSPS) is 10.2. The van der Waals surface area contributed by atoms with E-state index in [1.54, 1.807) is 7.11 Å². The maximum absolute atomic E-state index is 5.18. The van der Waals surface area contributed by atoms with Crippen molar-refractivity contribution in [3.8, 4) is 5.75 Å². The van der Waals surface area contributed by atoms with Gasteiger partial charge in [0.15, 0.2) is 0 Å². The molecule has 0 bridgehead atoms. The van der Waals surface area contributed by atoms with Crippen LogP contribution in [0.1, 0.15) is 12.6 Å². The van der Waals surface area contributed by atoms with E-state index in [9.17, 15) is 0 Å². The summed E-state index contributed by atoms with van der Waals surface area (Å²) in [4.78, 5) is 0. The number of hydrogen-bond acceptors (Lipinski definition) is 3. The van der Waals surface area contributed by atoms with Gasteiger partial charge in [-0.2, -0.15) is 5.10 Å². The average molecular weight is 231 g/mol. The summed E-state index contributed by atoms with van der Waals surface area (Å²) in [6.07, 6.45) is 1.83. The molecular weight excluding hydrogens is 214 g/mol. The largest absolute Gasteiger partial charge is 0.497 e. The summed E-state index contributed by atoms with van der Waals surface area (Å²) in [6, 6.07) is 9.93. The van der Waals surface area contributed by atoms with Crippen LogP contribution in [0.5, 0.6) is 5.75 Å². The molecular formula is C13H17N3O. The van der Waals surface area contributed by atoms with Gasteiger partial charge in [0.2, 0.25) is 0 Å². The molecule has 0 aliphatic heterocycles. The van der Waals surface area contributed by atoms with Gasteiger partial charge < -0.3 is 10.1 Å². The fourth-order valence-corrected chi connectivity index (χ4v) is 1.72. The molecule has 0 radical (unpaired) electrons. The lowest BCUT2D eigenvalue weighted by molar-refractivity contribution is 0.415. The Morgan fingerprint density at radius 3 is 3.00 bits per heavy atom. The van der Waals surface area contributed by atoms with Crippen molar-refractivity contribution in [2.45, 2.75) is 20.0 Å². The summed E-state index contributed by atoms with van der Waals surface area (Å²) < 4.78 is 7.16. The van der Waals surface area contributed by atoms with E-state index in [4.69, 9.17) is 4.74 Å². The van der Waals surface area contributed by atoms with Crippen LogP contribution >= 0.6 is 0 Å². The molecule has 1 aromatic heterocycles. The molecule has 0 fully saturated rings. The molecule has 4 nitrogen and oxygen atoms in total. The molecule has 1 N–H and O–H groups in total. The van der Waals surface area contributed by atoms with Gasteiger partial charge in [-0.15, -0.1) is 0 Å². The van der Waals surface area contributed by atoms with Gasteiger partial charge in [0.05, 0.1) is 19.3 Å². The maximum Gasteiger partial charge on any atom is 0.120 e. The van der Waals surface area contributed by atoms with E-state index >= 15 is 0 Å². The molecule has 0 aliphatic rings. The first-order valence-corrected chi connectivity index (χ1v) is 5.72. The third kappa shape index (κ3) is 2.78. The topological polar surface area (TPSA) is 39.1 Å². The molecule has 0 amide bonds. The minimum atomic E-state index is 0.765. The number of nitrogens with one attached hydrogen (secondary N) is 1. The number of ether oxygens (including phenoxy) is 1. The van der Waals surface area contributed by atoms with Crippen molar-refractivity contribution in [1.29, 1.82) is 0 Å². The average Bonchev–Trinajstić information content (AvgIpc) is 2.84. The Balaban J connectivity index is 2.02. The Morgan fingerprint density at radius 2 is 2.24 bits per heavy atom. The summed E-state index contributed by atoms with van der Waals surface area (Å²) in [5.41, 5.74) is 2.23. The van der Waals surface area contributed by atoms with Gasteiger partial charge >= 0.3 is 0 Å². The van der Waals surface area contributed by atoms with E-state index in [0.717, 1.165) is 24.5 Å². The van der Waals surface area contributed by atoms with Gasteiger partial charge in [-0.1, -0.05) is 6.07 Å². The van der Waals surface area contributed by atoms with Gasteiger partial charge in [-0.25, -0.2) is 0 Å². The van der Waals surface area contributed by atoms with Crippen molar-refractivity contribution in [3.05, 3.63) is 42.2 Å². The number of aryl methyl sites for hydroxylation is 1. The van der Waals surface area contributed by atoms with Crippen molar-refractivity contribution in [2.75, 3.05) is 12.4 Å². The Bertz CT molecular complexity index is 479. The number of benzene rings is 1. The fraction of sp³-hybridized carbons (Fsp3) is 0.308. The highest BCUT2D eigenvalue weighted by molar-refractivity contribution is 5.48. The van der Waals surface area contributed by atoms with Crippen LogP contribution in [0.3, 0.4) is 0 Å². The zero-order chi connectivity index (χ0) is 12.1. The van der Waals surface area contributed by atoms with Crippen LogP contribution in [-0.4, -0.2) is 16.9 Å². The Hall–Kier alpha value is -1.97. The van der Waals surface area contributed by atoms with Crippen molar-refractivity contribution >= 4 is 5.69 Å². The van der Waals surface area contributed by atoms with Gasteiger partial charge in [-0.3, -0.25) is 4.68 Å². The Kier molecular flexibility index (Phi) is 3.65. The number of methoxy groups -OCH3 is 1. The molecule has 4 heteroatoms. The second kappa shape index (κ2) is 5.39. The Morgan fingerprint density at radius 1 is 1.35 bits per heavy atom. The van der Waals surface area contributed by atoms with Crippen LogP contribution in [0.2, 0.25) is 0 Å². The molecule has 2 rings (SSSR count). The number of nitrogens with zero attached hydrogens (tertiary/aromatic N) is 2. The van der Waals surface area contributed by atoms with E-state index in [2.05, 4.69) is 17.3 Å². The smallest absolute Gasteiger partial charge is 0.120 e. The van der Waals surface area contributed by atoms with E-state index in [1.807, 2.05) is 41.2 Å². The van der Waals surface area contributed by atoms with E-state index in [-0.39, 0.29) is 0 Å². The third-order valence-electron chi connectivity index (χ3n) is 2.65. The molecule has 17 heavy (non-hydrogen) atoms. The van der Waals surface area contributed by atoms with Gasteiger partial charge in [0.1, 0.15) is 5.75 Å². The van der Waals surface area contributed by atoms with Crippen molar-refractivity contribution < 1.29 is 4.74 Å². The first-order chi connectivity index (χ1) is 8.33. The summed E-state index contributed by atoms with van der Waals surface area (Å²) in [5, 5.41) is 7.59. The predicted octanol–water partition coefficient (Wildman–Crippen LogP) is 2.52. The number of hydrogen-bond donors (Lipinski definition) is 1. The second-order valence-electron chi connectivity index (χ2n) is 3.72. The highest BCUT2D eigenvalue weighted by Gasteiger charge is 2.00. The summed E-state index contributed by atoms with van der Waals surface area (Å²) in [5.74, 6) is 0.860. The van der Waals surface area contributed by atoms with Gasteiger partial charge in [-0.05, 0) is 25.1 Å².